The lowest BCUT2D eigenvalue weighted by atomic mass is 10.2. The molecule has 0 spiro atoms. The molecule has 144 valence electrons. The van der Waals surface area contributed by atoms with Gasteiger partial charge in [0, 0.05) is 23.7 Å². The van der Waals surface area contributed by atoms with E-state index in [1.54, 1.807) is 12.1 Å². The highest BCUT2D eigenvalue weighted by Gasteiger charge is 2.08. The predicted molar refractivity (Wildman–Crippen MR) is 112 cm³/mol. The second-order valence-corrected chi connectivity index (χ2v) is 6.44. The molecule has 3 rings (SSSR count). The van der Waals surface area contributed by atoms with Crippen molar-refractivity contribution in [3.05, 3.63) is 90.0 Å². The molecule has 0 aliphatic rings. The number of carbonyl (C=O) groups excluding carboxylic acids is 1. The minimum absolute atomic E-state index is 0.177. The molecule has 0 aliphatic heterocycles. The number of amides is 1. The third kappa shape index (κ3) is 5.88. The van der Waals surface area contributed by atoms with Crippen molar-refractivity contribution < 1.29 is 14.3 Å². The zero-order valence-electron chi connectivity index (χ0n) is 16.1. The number of nitrogens with one attached hydrogen (secondary N) is 1. The standard InChI is InChI=1S/C24H25NO3/c1-2-15-27-22-12-6-10-20(17-22)24(26)25-21-11-7-13-23(18-21)28-16-14-19-8-4-3-5-9-19/h3-13,17-18H,2,14-16H2,1H3,(H,25,26). The lowest BCUT2D eigenvalue weighted by Gasteiger charge is -2.10. The maximum absolute atomic E-state index is 12.5. The van der Waals surface area contributed by atoms with E-state index in [9.17, 15) is 4.79 Å². The van der Waals surface area contributed by atoms with Crippen LogP contribution in [0.3, 0.4) is 0 Å². The summed E-state index contributed by atoms with van der Waals surface area (Å²) in [5.74, 6) is 1.25. The van der Waals surface area contributed by atoms with Crippen LogP contribution in [0.15, 0.2) is 78.9 Å². The zero-order chi connectivity index (χ0) is 19.6. The van der Waals surface area contributed by atoms with Gasteiger partial charge in [-0.15, -0.1) is 0 Å². The Morgan fingerprint density at radius 1 is 0.821 bits per heavy atom. The Bertz CT molecular complexity index is 893. The van der Waals surface area contributed by atoms with E-state index in [0.29, 0.717) is 30.2 Å². The van der Waals surface area contributed by atoms with Crippen LogP contribution in [0.1, 0.15) is 29.3 Å². The first-order chi connectivity index (χ1) is 13.7. The summed E-state index contributed by atoms with van der Waals surface area (Å²) >= 11 is 0. The van der Waals surface area contributed by atoms with Crippen molar-refractivity contribution in [2.75, 3.05) is 18.5 Å². The van der Waals surface area contributed by atoms with Crippen molar-refractivity contribution in [1.29, 1.82) is 0 Å². The second kappa shape index (κ2) is 10.2. The number of anilines is 1. The molecule has 1 N–H and O–H groups in total. The monoisotopic (exact) mass is 375 g/mol. The molecule has 0 fully saturated rings. The Hall–Kier alpha value is -3.27. The average Bonchev–Trinajstić information content (AvgIpc) is 2.73. The van der Waals surface area contributed by atoms with Gasteiger partial charge in [-0.05, 0) is 42.3 Å². The molecule has 0 unspecified atom stereocenters. The van der Waals surface area contributed by atoms with Crippen molar-refractivity contribution in [3.8, 4) is 11.5 Å². The SMILES string of the molecule is CCCOc1cccc(C(=O)Nc2cccc(OCCc3ccccc3)c2)c1. The van der Waals surface area contributed by atoms with Crippen LogP contribution in [0.4, 0.5) is 5.69 Å². The number of rotatable bonds is 9. The van der Waals surface area contributed by atoms with Gasteiger partial charge in [0.1, 0.15) is 11.5 Å². The van der Waals surface area contributed by atoms with Gasteiger partial charge < -0.3 is 14.8 Å². The van der Waals surface area contributed by atoms with Crippen molar-refractivity contribution in [2.45, 2.75) is 19.8 Å². The van der Waals surface area contributed by atoms with Crippen molar-refractivity contribution in [1.82, 2.24) is 0 Å². The minimum Gasteiger partial charge on any atom is -0.494 e. The fraction of sp³-hybridized carbons (Fsp3) is 0.208. The molecular weight excluding hydrogens is 350 g/mol. The van der Waals surface area contributed by atoms with Gasteiger partial charge in [0.25, 0.3) is 5.91 Å². The number of benzene rings is 3. The molecule has 0 aromatic heterocycles. The van der Waals surface area contributed by atoms with Gasteiger partial charge in [-0.2, -0.15) is 0 Å². The Balaban J connectivity index is 1.57. The van der Waals surface area contributed by atoms with E-state index in [0.717, 1.165) is 18.6 Å². The highest BCUT2D eigenvalue weighted by atomic mass is 16.5. The maximum atomic E-state index is 12.5. The molecular formula is C24H25NO3. The zero-order valence-corrected chi connectivity index (χ0v) is 16.1. The summed E-state index contributed by atoms with van der Waals surface area (Å²) in [5, 5.41) is 2.92. The van der Waals surface area contributed by atoms with E-state index in [1.807, 2.05) is 61.5 Å². The van der Waals surface area contributed by atoms with Crippen LogP contribution >= 0.6 is 0 Å². The molecule has 4 nitrogen and oxygen atoms in total. The van der Waals surface area contributed by atoms with E-state index in [2.05, 4.69) is 17.4 Å². The summed E-state index contributed by atoms with van der Waals surface area (Å²) < 4.78 is 11.4. The molecule has 3 aromatic rings. The third-order valence-electron chi connectivity index (χ3n) is 4.16. The van der Waals surface area contributed by atoms with Crippen LogP contribution in [0.25, 0.3) is 0 Å². The summed E-state index contributed by atoms with van der Waals surface area (Å²) in [6, 6.07) is 24.9. The Morgan fingerprint density at radius 3 is 2.32 bits per heavy atom. The second-order valence-electron chi connectivity index (χ2n) is 6.44. The number of hydrogen-bond donors (Lipinski definition) is 1. The Kier molecular flexibility index (Phi) is 7.08. The predicted octanol–water partition coefficient (Wildman–Crippen LogP) is 5.35. The van der Waals surface area contributed by atoms with Crippen LogP contribution in [-0.2, 0) is 6.42 Å². The normalized spacial score (nSPS) is 10.3. The Morgan fingerprint density at radius 2 is 1.54 bits per heavy atom. The average molecular weight is 375 g/mol. The first-order valence-electron chi connectivity index (χ1n) is 9.55. The van der Waals surface area contributed by atoms with Crippen molar-refractivity contribution in [2.24, 2.45) is 0 Å². The number of carbonyl (C=O) groups is 1. The quantitative estimate of drug-likeness (QED) is 0.548. The summed E-state index contributed by atoms with van der Waals surface area (Å²) in [6.07, 6.45) is 1.76. The molecule has 4 heteroatoms. The molecule has 3 aromatic carbocycles. The molecule has 0 bridgehead atoms. The number of hydrogen-bond acceptors (Lipinski definition) is 3. The molecule has 0 heterocycles. The van der Waals surface area contributed by atoms with E-state index in [-0.39, 0.29) is 5.91 Å². The van der Waals surface area contributed by atoms with Crippen LogP contribution in [-0.4, -0.2) is 19.1 Å². The van der Waals surface area contributed by atoms with Gasteiger partial charge in [-0.1, -0.05) is 49.4 Å². The first kappa shape index (κ1) is 19.5. The van der Waals surface area contributed by atoms with Gasteiger partial charge in [0.05, 0.1) is 13.2 Å². The summed E-state index contributed by atoms with van der Waals surface area (Å²) in [4.78, 5) is 12.5. The molecule has 1 amide bonds. The van der Waals surface area contributed by atoms with Crippen LogP contribution < -0.4 is 14.8 Å². The van der Waals surface area contributed by atoms with E-state index < -0.39 is 0 Å². The van der Waals surface area contributed by atoms with E-state index >= 15 is 0 Å². The first-order valence-corrected chi connectivity index (χ1v) is 9.55. The van der Waals surface area contributed by atoms with E-state index in [1.165, 1.54) is 5.56 Å². The highest BCUT2D eigenvalue weighted by molar-refractivity contribution is 6.04. The summed E-state index contributed by atoms with van der Waals surface area (Å²) in [7, 11) is 0. The highest BCUT2D eigenvalue weighted by Crippen LogP contribution is 2.20. The minimum atomic E-state index is -0.177. The summed E-state index contributed by atoms with van der Waals surface area (Å²) in [6.45, 7) is 3.26. The van der Waals surface area contributed by atoms with Gasteiger partial charge >= 0.3 is 0 Å². The van der Waals surface area contributed by atoms with Crippen LogP contribution in [0.5, 0.6) is 11.5 Å². The number of ether oxygens (including phenoxy) is 2. The fourth-order valence-corrected chi connectivity index (χ4v) is 2.75. The fourth-order valence-electron chi connectivity index (χ4n) is 2.75. The molecule has 0 radical (unpaired) electrons. The molecule has 0 aliphatic carbocycles. The molecule has 28 heavy (non-hydrogen) atoms. The largest absolute Gasteiger partial charge is 0.494 e. The van der Waals surface area contributed by atoms with Gasteiger partial charge in [0.2, 0.25) is 0 Å². The summed E-state index contributed by atoms with van der Waals surface area (Å²) in [5.41, 5.74) is 2.49. The van der Waals surface area contributed by atoms with E-state index in [4.69, 9.17) is 9.47 Å². The lowest BCUT2D eigenvalue weighted by Crippen LogP contribution is -2.12. The smallest absolute Gasteiger partial charge is 0.255 e. The van der Waals surface area contributed by atoms with Crippen molar-refractivity contribution in [3.63, 3.8) is 0 Å². The third-order valence-corrected chi connectivity index (χ3v) is 4.16. The maximum Gasteiger partial charge on any atom is 0.255 e. The van der Waals surface area contributed by atoms with Crippen LogP contribution in [0.2, 0.25) is 0 Å². The van der Waals surface area contributed by atoms with Crippen LogP contribution in [0, 0.1) is 0 Å². The van der Waals surface area contributed by atoms with Gasteiger partial charge in [-0.25, -0.2) is 0 Å². The Labute approximate surface area is 166 Å². The lowest BCUT2D eigenvalue weighted by molar-refractivity contribution is 0.102. The molecule has 0 atom stereocenters. The topological polar surface area (TPSA) is 47.6 Å². The van der Waals surface area contributed by atoms with Gasteiger partial charge in [0.15, 0.2) is 0 Å². The molecule has 0 saturated carbocycles. The molecule has 0 saturated heterocycles. The van der Waals surface area contributed by atoms with Crippen molar-refractivity contribution >= 4 is 11.6 Å². The van der Waals surface area contributed by atoms with Gasteiger partial charge in [-0.3, -0.25) is 4.79 Å².